The van der Waals surface area contributed by atoms with Crippen molar-refractivity contribution in [3.05, 3.63) is 65.2 Å². The third-order valence-electron chi connectivity index (χ3n) is 5.17. The molecule has 0 aliphatic heterocycles. The normalized spacial score (nSPS) is 10.6. The van der Waals surface area contributed by atoms with Gasteiger partial charge in [0.05, 0.1) is 21.3 Å². The van der Waals surface area contributed by atoms with Crippen LogP contribution in [0.5, 0.6) is 17.2 Å². The maximum Gasteiger partial charge on any atom is 0.130 e. The van der Waals surface area contributed by atoms with Crippen LogP contribution in [0.15, 0.2) is 48.5 Å². The molecule has 0 spiro atoms. The van der Waals surface area contributed by atoms with E-state index in [2.05, 4.69) is 45.0 Å². The Labute approximate surface area is 161 Å². The smallest absolute Gasteiger partial charge is 0.130 e. The molecule has 0 saturated carbocycles. The molecule has 0 heterocycles. The molecule has 3 aromatic carbocycles. The van der Waals surface area contributed by atoms with Gasteiger partial charge in [-0.05, 0) is 55.2 Å². The third kappa shape index (κ3) is 3.25. The molecule has 0 fully saturated rings. The number of methoxy groups -OCH3 is 3. The van der Waals surface area contributed by atoms with Crippen molar-refractivity contribution < 1.29 is 14.2 Å². The topological polar surface area (TPSA) is 27.7 Å². The van der Waals surface area contributed by atoms with Crippen LogP contribution >= 0.6 is 0 Å². The fourth-order valence-corrected chi connectivity index (χ4v) is 3.69. The molecule has 0 aromatic heterocycles. The second kappa shape index (κ2) is 7.75. The Morgan fingerprint density at radius 3 is 1.81 bits per heavy atom. The fraction of sp³-hybridized carbons (Fsp3) is 0.250. The zero-order valence-electron chi connectivity index (χ0n) is 16.8. The summed E-state index contributed by atoms with van der Waals surface area (Å²) in [5.41, 5.74) is 7.50. The average molecular weight is 362 g/mol. The van der Waals surface area contributed by atoms with Gasteiger partial charge in [-0.15, -0.1) is 0 Å². The van der Waals surface area contributed by atoms with Crippen LogP contribution in [0.3, 0.4) is 0 Å². The molecular weight excluding hydrogens is 336 g/mol. The van der Waals surface area contributed by atoms with Crippen molar-refractivity contribution in [3.63, 3.8) is 0 Å². The Hall–Kier alpha value is -2.94. The summed E-state index contributed by atoms with van der Waals surface area (Å²) < 4.78 is 17.2. The summed E-state index contributed by atoms with van der Waals surface area (Å²) in [5.74, 6) is 2.55. The van der Waals surface area contributed by atoms with Crippen molar-refractivity contribution in [2.24, 2.45) is 0 Å². The van der Waals surface area contributed by atoms with Crippen LogP contribution in [-0.2, 0) is 0 Å². The quantitative estimate of drug-likeness (QED) is 0.559. The molecule has 0 atom stereocenters. The van der Waals surface area contributed by atoms with E-state index in [0.29, 0.717) is 0 Å². The monoisotopic (exact) mass is 362 g/mol. The van der Waals surface area contributed by atoms with Gasteiger partial charge in [0.2, 0.25) is 0 Å². The number of hydrogen-bond acceptors (Lipinski definition) is 3. The Kier molecular flexibility index (Phi) is 5.41. The number of ether oxygens (including phenoxy) is 3. The van der Waals surface area contributed by atoms with Crippen LogP contribution in [0.25, 0.3) is 22.3 Å². The van der Waals surface area contributed by atoms with E-state index >= 15 is 0 Å². The van der Waals surface area contributed by atoms with Gasteiger partial charge in [-0.25, -0.2) is 0 Å². The molecular formula is C24H26O3. The van der Waals surface area contributed by atoms with E-state index in [-0.39, 0.29) is 0 Å². The number of hydrogen-bond donors (Lipinski definition) is 0. The predicted molar refractivity (Wildman–Crippen MR) is 111 cm³/mol. The first-order valence-electron chi connectivity index (χ1n) is 8.99. The summed E-state index contributed by atoms with van der Waals surface area (Å²) >= 11 is 0. The molecule has 0 bridgehead atoms. The van der Waals surface area contributed by atoms with E-state index in [1.807, 2.05) is 24.3 Å². The van der Waals surface area contributed by atoms with E-state index in [9.17, 15) is 0 Å². The summed E-state index contributed by atoms with van der Waals surface area (Å²) in [4.78, 5) is 0. The molecule has 3 rings (SSSR count). The Morgan fingerprint density at radius 1 is 0.593 bits per heavy atom. The molecule has 0 aliphatic carbocycles. The van der Waals surface area contributed by atoms with Gasteiger partial charge in [0.15, 0.2) is 0 Å². The van der Waals surface area contributed by atoms with Gasteiger partial charge in [0.1, 0.15) is 17.2 Å². The van der Waals surface area contributed by atoms with Crippen LogP contribution in [0.4, 0.5) is 0 Å². The highest BCUT2D eigenvalue weighted by atomic mass is 16.5. The largest absolute Gasteiger partial charge is 0.496 e. The van der Waals surface area contributed by atoms with E-state index < -0.39 is 0 Å². The second-order valence-corrected chi connectivity index (χ2v) is 6.60. The molecule has 0 N–H and O–H groups in total. The van der Waals surface area contributed by atoms with E-state index in [0.717, 1.165) is 56.2 Å². The first kappa shape index (κ1) is 18.8. The molecule has 3 nitrogen and oxygen atoms in total. The lowest BCUT2D eigenvalue weighted by Crippen LogP contribution is -2.02. The minimum Gasteiger partial charge on any atom is -0.496 e. The van der Waals surface area contributed by atoms with E-state index in [1.54, 1.807) is 21.3 Å². The lowest BCUT2D eigenvalue weighted by Gasteiger charge is -2.22. The Balaban J connectivity index is 2.35. The highest BCUT2D eigenvalue weighted by Gasteiger charge is 2.22. The second-order valence-electron chi connectivity index (χ2n) is 6.60. The van der Waals surface area contributed by atoms with Gasteiger partial charge in [-0.1, -0.05) is 36.4 Å². The Bertz CT molecular complexity index is 959. The summed E-state index contributed by atoms with van der Waals surface area (Å²) in [5, 5.41) is 0. The molecule has 27 heavy (non-hydrogen) atoms. The molecule has 3 aromatic rings. The van der Waals surface area contributed by atoms with Gasteiger partial charge >= 0.3 is 0 Å². The van der Waals surface area contributed by atoms with E-state index in [1.165, 1.54) is 0 Å². The van der Waals surface area contributed by atoms with Gasteiger partial charge in [-0.3, -0.25) is 0 Å². The minimum absolute atomic E-state index is 0.807. The van der Waals surface area contributed by atoms with Crippen LogP contribution in [0.2, 0.25) is 0 Å². The van der Waals surface area contributed by atoms with Gasteiger partial charge in [-0.2, -0.15) is 0 Å². The summed E-state index contributed by atoms with van der Waals surface area (Å²) in [7, 11) is 5.12. The van der Waals surface area contributed by atoms with Crippen LogP contribution in [-0.4, -0.2) is 21.3 Å². The summed E-state index contributed by atoms with van der Waals surface area (Å²) in [6, 6.07) is 16.6. The van der Waals surface area contributed by atoms with Gasteiger partial charge in [0, 0.05) is 16.7 Å². The molecule has 0 saturated heterocycles. The molecule has 3 heteroatoms. The molecule has 140 valence electrons. The van der Waals surface area contributed by atoms with E-state index in [4.69, 9.17) is 14.2 Å². The van der Waals surface area contributed by atoms with Gasteiger partial charge in [0.25, 0.3) is 0 Å². The van der Waals surface area contributed by atoms with Crippen molar-refractivity contribution in [2.75, 3.05) is 21.3 Å². The average Bonchev–Trinajstić information content (AvgIpc) is 2.71. The SMILES string of the molecule is COc1ccc(-c2ccccc2)cc1-c1c(C)c(OC)c(C)c(C)c1OC. The molecule has 0 amide bonds. The molecule has 0 unspecified atom stereocenters. The maximum atomic E-state index is 5.83. The predicted octanol–water partition coefficient (Wildman–Crippen LogP) is 5.97. The van der Waals surface area contributed by atoms with Crippen molar-refractivity contribution in [1.82, 2.24) is 0 Å². The third-order valence-corrected chi connectivity index (χ3v) is 5.17. The zero-order valence-corrected chi connectivity index (χ0v) is 16.8. The molecule has 0 aliphatic rings. The standard InChI is InChI=1S/C24H26O3/c1-15-16(2)24(27-6)22(17(3)23(15)26-5)20-14-19(12-13-21(20)25-4)18-10-8-7-9-11-18/h7-14H,1-6H3. The fourth-order valence-electron chi connectivity index (χ4n) is 3.69. The van der Waals surface area contributed by atoms with Crippen molar-refractivity contribution in [2.45, 2.75) is 20.8 Å². The van der Waals surface area contributed by atoms with Crippen LogP contribution < -0.4 is 14.2 Å². The van der Waals surface area contributed by atoms with Crippen LogP contribution in [0.1, 0.15) is 16.7 Å². The number of benzene rings is 3. The number of rotatable bonds is 5. The Morgan fingerprint density at radius 2 is 1.22 bits per heavy atom. The highest BCUT2D eigenvalue weighted by Crippen LogP contribution is 2.47. The highest BCUT2D eigenvalue weighted by molar-refractivity contribution is 5.86. The summed E-state index contributed by atoms with van der Waals surface area (Å²) in [6.07, 6.45) is 0. The maximum absolute atomic E-state index is 5.83. The first-order chi connectivity index (χ1) is 13.0. The van der Waals surface area contributed by atoms with Gasteiger partial charge < -0.3 is 14.2 Å². The summed E-state index contributed by atoms with van der Waals surface area (Å²) in [6.45, 7) is 6.19. The lowest BCUT2D eigenvalue weighted by atomic mass is 9.90. The first-order valence-corrected chi connectivity index (χ1v) is 8.99. The van der Waals surface area contributed by atoms with Crippen molar-refractivity contribution in [1.29, 1.82) is 0 Å². The lowest BCUT2D eigenvalue weighted by molar-refractivity contribution is 0.395. The van der Waals surface area contributed by atoms with Crippen molar-refractivity contribution >= 4 is 0 Å². The van der Waals surface area contributed by atoms with Crippen LogP contribution in [0, 0.1) is 20.8 Å². The molecule has 0 radical (unpaired) electrons. The minimum atomic E-state index is 0.807. The van der Waals surface area contributed by atoms with Crippen molar-refractivity contribution in [3.8, 4) is 39.5 Å². The zero-order chi connectivity index (χ0) is 19.6.